The van der Waals surface area contributed by atoms with E-state index in [1.54, 1.807) is 12.1 Å². The lowest BCUT2D eigenvalue weighted by Crippen LogP contribution is -2.33. The van der Waals surface area contributed by atoms with E-state index in [4.69, 9.17) is 11.6 Å². The van der Waals surface area contributed by atoms with Crippen molar-refractivity contribution < 1.29 is 39.5 Å². The average molecular weight is 626 g/mol. The molecule has 0 amide bonds. The van der Waals surface area contributed by atoms with Gasteiger partial charge in [0.05, 0.1) is 22.0 Å². The molecule has 15 heteroatoms. The zero-order valence-corrected chi connectivity index (χ0v) is 23.4. The van der Waals surface area contributed by atoms with Crippen LogP contribution in [-0.2, 0) is 22.4 Å². The van der Waals surface area contributed by atoms with E-state index in [-0.39, 0.29) is 34.2 Å². The SMILES string of the molecule is Cc1nc(C(F)(F)F)cn1-c1ccc(-c2cccc(S(C)(=O)=O)c2)cc1N(N)/C(=C\N)Cc1cccc(OC(F)(F)F)c1. The molecular weight excluding hydrogens is 600 g/mol. The molecule has 0 spiro atoms. The summed E-state index contributed by atoms with van der Waals surface area (Å²) >= 11 is 0. The van der Waals surface area contributed by atoms with Crippen LogP contribution < -0.4 is 21.3 Å². The number of allylic oxidation sites excluding steroid dienone is 1. The van der Waals surface area contributed by atoms with Gasteiger partial charge in [0.25, 0.3) is 0 Å². The van der Waals surface area contributed by atoms with Gasteiger partial charge in [-0.1, -0.05) is 30.3 Å². The Bertz CT molecular complexity index is 1780. The highest BCUT2D eigenvalue weighted by Crippen LogP contribution is 2.36. The summed E-state index contributed by atoms with van der Waals surface area (Å²) in [5.41, 5.74) is 6.47. The number of anilines is 1. The van der Waals surface area contributed by atoms with Crippen LogP contribution in [0.15, 0.2) is 89.7 Å². The molecule has 0 fully saturated rings. The molecule has 4 N–H and O–H groups in total. The van der Waals surface area contributed by atoms with Crippen molar-refractivity contribution in [1.29, 1.82) is 0 Å². The van der Waals surface area contributed by atoms with Gasteiger partial charge in [0.1, 0.15) is 11.6 Å². The van der Waals surface area contributed by atoms with E-state index in [1.165, 1.54) is 54.0 Å². The zero-order valence-electron chi connectivity index (χ0n) is 22.6. The summed E-state index contributed by atoms with van der Waals surface area (Å²) in [4.78, 5) is 3.66. The fourth-order valence-corrected chi connectivity index (χ4v) is 4.97. The summed E-state index contributed by atoms with van der Waals surface area (Å²) in [6, 6.07) is 15.8. The number of aromatic nitrogens is 2. The molecule has 4 aromatic rings. The molecule has 4 rings (SSSR count). The zero-order chi connectivity index (χ0) is 31.7. The number of alkyl halides is 6. The van der Waals surface area contributed by atoms with Crippen molar-refractivity contribution in [2.24, 2.45) is 11.6 Å². The van der Waals surface area contributed by atoms with Gasteiger partial charge < -0.3 is 15.0 Å². The summed E-state index contributed by atoms with van der Waals surface area (Å²) < 4.78 is 108. The Balaban J connectivity index is 1.83. The number of benzene rings is 3. The molecule has 0 bridgehead atoms. The van der Waals surface area contributed by atoms with Gasteiger partial charge in [-0.3, -0.25) is 5.01 Å². The van der Waals surface area contributed by atoms with Crippen molar-refractivity contribution in [1.82, 2.24) is 9.55 Å². The Morgan fingerprint density at radius 3 is 2.28 bits per heavy atom. The van der Waals surface area contributed by atoms with Crippen molar-refractivity contribution >= 4 is 15.5 Å². The molecule has 0 aliphatic heterocycles. The number of hydrogen-bond donors (Lipinski definition) is 2. The van der Waals surface area contributed by atoms with Crippen molar-refractivity contribution in [2.75, 3.05) is 11.3 Å². The van der Waals surface area contributed by atoms with E-state index in [0.29, 0.717) is 16.7 Å². The van der Waals surface area contributed by atoms with Crippen LogP contribution >= 0.6 is 0 Å². The number of ether oxygens (including phenoxy) is 1. The Morgan fingerprint density at radius 2 is 1.67 bits per heavy atom. The molecule has 0 unspecified atom stereocenters. The van der Waals surface area contributed by atoms with E-state index >= 15 is 0 Å². The molecule has 0 saturated heterocycles. The first-order valence-corrected chi connectivity index (χ1v) is 14.2. The Hall–Kier alpha value is -4.50. The molecule has 0 radical (unpaired) electrons. The van der Waals surface area contributed by atoms with E-state index < -0.39 is 33.8 Å². The highest BCUT2D eigenvalue weighted by Gasteiger charge is 2.35. The lowest BCUT2D eigenvalue weighted by molar-refractivity contribution is -0.274. The maximum Gasteiger partial charge on any atom is 0.573 e. The van der Waals surface area contributed by atoms with E-state index in [1.807, 2.05) is 0 Å². The van der Waals surface area contributed by atoms with Crippen molar-refractivity contribution in [3.63, 3.8) is 0 Å². The fraction of sp³-hybridized carbons (Fsp3) is 0.179. The first-order valence-electron chi connectivity index (χ1n) is 12.3. The number of rotatable bonds is 8. The summed E-state index contributed by atoms with van der Waals surface area (Å²) in [5.74, 6) is 6.01. The summed E-state index contributed by atoms with van der Waals surface area (Å²) in [5, 5.41) is 1.09. The third kappa shape index (κ3) is 7.48. The minimum atomic E-state index is -4.91. The molecular formula is C28H25F6N5O3S. The normalized spacial score (nSPS) is 12.8. The second kappa shape index (κ2) is 11.6. The predicted molar refractivity (Wildman–Crippen MR) is 148 cm³/mol. The van der Waals surface area contributed by atoms with Crippen LogP contribution in [0.1, 0.15) is 17.1 Å². The molecule has 228 valence electrons. The number of hydrazine groups is 1. The molecule has 0 aliphatic carbocycles. The van der Waals surface area contributed by atoms with Gasteiger partial charge >= 0.3 is 12.5 Å². The molecule has 8 nitrogen and oxygen atoms in total. The summed E-state index contributed by atoms with van der Waals surface area (Å²) in [7, 11) is -3.56. The van der Waals surface area contributed by atoms with E-state index in [9.17, 15) is 34.8 Å². The summed E-state index contributed by atoms with van der Waals surface area (Å²) in [6.07, 6.45) is -6.76. The molecule has 0 saturated carbocycles. The van der Waals surface area contributed by atoms with Crippen LogP contribution in [0.5, 0.6) is 5.75 Å². The van der Waals surface area contributed by atoms with Crippen LogP contribution in [0.3, 0.4) is 0 Å². The van der Waals surface area contributed by atoms with Crippen LogP contribution in [0.25, 0.3) is 16.8 Å². The largest absolute Gasteiger partial charge is 0.573 e. The number of sulfone groups is 1. The lowest BCUT2D eigenvalue weighted by Gasteiger charge is -2.26. The number of hydrogen-bond acceptors (Lipinski definition) is 7. The smallest absolute Gasteiger partial charge is 0.406 e. The molecule has 1 aromatic heterocycles. The standard InChI is InChI=1S/C28H25F6N5O3S/c1-17-37-26(27(29,30)31)16-38(17)24-10-9-20(19-6-4-8-23(13-19)43(2,40)41)14-25(24)39(36)21(15-35)11-18-5-3-7-22(12-18)42-28(32,33)34/h3-10,12-16H,11,35-36H2,1-2H3/b21-15-. The maximum atomic E-state index is 13.5. The van der Waals surface area contributed by atoms with E-state index in [2.05, 4.69) is 9.72 Å². The quantitative estimate of drug-likeness (QED) is 0.143. The van der Waals surface area contributed by atoms with Crippen molar-refractivity contribution in [3.8, 4) is 22.6 Å². The van der Waals surface area contributed by atoms with Gasteiger partial charge in [-0.2, -0.15) is 13.2 Å². The Labute approximate surface area is 242 Å². The number of nitrogens with two attached hydrogens (primary N) is 2. The lowest BCUT2D eigenvalue weighted by atomic mass is 10.0. The predicted octanol–water partition coefficient (Wildman–Crippen LogP) is 5.89. The third-order valence-corrected chi connectivity index (χ3v) is 7.39. The highest BCUT2D eigenvalue weighted by molar-refractivity contribution is 7.90. The summed E-state index contributed by atoms with van der Waals surface area (Å²) in [6.45, 7) is 1.37. The number of imidazole rings is 1. The maximum absolute atomic E-state index is 13.5. The third-order valence-electron chi connectivity index (χ3n) is 6.28. The molecule has 1 heterocycles. The van der Waals surface area contributed by atoms with Gasteiger partial charge in [0, 0.05) is 25.1 Å². The Kier molecular flexibility index (Phi) is 8.51. The van der Waals surface area contributed by atoms with Crippen LogP contribution in [0.2, 0.25) is 0 Å². The molecule has 0 aliphatic rings. The van der Waals surface area contributed by atoms with Gasteiger partial charge in [-0.15, -0.1) is 13.2 Å². The number of nitrogens with zero attached hydrogens (tertiary/aromatic N) is 3. The van der Waals surface area contributed by atoms with Gasteiger partial charge in [0.15, 0.2) is 15.5 Å². The Morgan fingerprint density at radius 1 is 1.00 bits per heavy atom. The van der Waals surface area contributed by atoms with Gasteiger partial charge in [-0.25, -0.2) is 19.2 Å². The van der Waals surface area contributed by atoms with Gasteiger partial charge in [-0.05, 0) is 60.0 Å². The topological polar surface area (TPSA) is 116 Å². The molecule has 3 aromatic carbocycles. The van der Waals surface area contributed by atoms with Crippen LogP contribution in [0, 0.1) is 6.92 Å². The highest BCUT2D eigenvalue weighted by atomic mass is 32.2. The number of aryl methyl sites for hydroxylation is 1. The minimum Gasteiger partial charge on any atom is -0.406 e. The fourth-order valence-electron chi connectivity index (χ4n) is 4.30. The van der Waals surface area contributed by atoms with E-state index in [0.717, 1.165) is 35.8 Å². The molecule has 0 atom stereocenters. The number of halogens is 6. The second-order valence-electron chi connectivity index (χ2n) is 9.44. The van der Waals surface area contributed by atoms with Crippen LogP contribution in [-0.4, -0.2) is 30.6 Å². The average Bonchev–Trinajstić information content (AvgIpc) is 3.32. The van der Waals surface area contributed by atoms with Crippen LogP contribution in [0.4, 0.5) is 32.0 Å². The first kappa shape index (κ1) is 31.4. The monoisotopic (exact) mass is 625 g/mol. The first-order chi connectivity index (χ1) is 20.0. The van der Waals surface area contributed by atoms with Crippen molar-refractivity contribution in [2.45, 2.75) is 30.8 Å². The molecule has 43 heavy (non-hydrogen) atoms. The minimum absolute atomic E-state index is 0.0101. The van der Waals surface area contributed by atoms with Crippen molar-refractivity contribution in [3.05, 3.63) is 102 Å². The second-order valence-corrected chi connectivity index (χ2v) is 11.5. The van der Waals surface area contributed by atoms with Gasteiger partial charge in [0.2, 0.25) is 0 Å².